The van der Waals surface area contributed by atoms with Gasteiger partial charge in [0.1, 0.15) is 48.8 Å². The number of hydrogen-bond acceptors (Lipinski definition) is 13. The first-order valence-corrected chi connectivity index (χ1v) is 31.0. The number of carbonyl (C=O) groups excluding carboxylic acids is 1. The number of aliphatic hydroxyl groups is 8. The molecule has 0 aromatic heterocycles. The summed E-state index contributed by atoms with van der Waals surface area (Å²) in [5, 5.41) is 87.1. The quantitative estimate of drug-likeness (QED) is 0.0204. The summed E-state index contributed by atoms with van der Waals surface area (Å²) in [5.41, 5.74) is 0. The molecule has 0 aliphatic carbocycles. The van der Waals surface area contributed by atoms with Gasteiger partial charge in [0.25, 0.3) is 0 Å². The number of unbranched alkanes of at least 4 members (excludes halogenated alkanes) is 21. The zero-order valence-corrected chi connectivity index (χ0v) is 48.8. The minimum atomic E-state index is -1.80. The van der Waals surface area contributed by atoms with Gasteiger partial charge in [0.05, 0.1) is 32.0 Å². The molecule has 2 rings (SSSR count). The van der Waals surface area contributed by atoms with Crippen LogP contribution in [0.4, 0.5) is 0 Å². The van der Waals surface area contributed by atoms with Gasteiger partial charge in [0.15, 0.2) is 12.6 Å². The lowest BCUT2D eigenvalue weighted by Gasteiger charge is -2.46. The lowest BCUT2D eigenvalue weighted by molar-refractivity contribution is -0.359. The number of rotatable bonds is 48. The molecule has 2 saturated heterocycles. The monoisotopic (exact) mass is 1110 g/mol. The van der Waals surface area contributed by atoms with Gasteiger partial charge < -0.3 is 65.1 Å². The summed E-state index contributed by atoms with van der Waals surface area (Å²) in [7, 11) is 0. The highest BCUT2D eigenvalue weighted by atomic mass is 16.7. The molecular weight excluding hydrogens is 1000 g/mol. The largest absolute Gasteiger partial charge is 0.394 e. The predicted octanol–water partition coefficient (Wildman–Crippen LogP) is 11.1. The van der Waals surface area contributed by atoms with Gasteiger partial charge in [-0.3, -0.25) is 4.79 Å². The first kappa shape index (κ1) is 72.0. The minimum Gasteiger partial charge on any atom is -0.394 e. The van der Waals surface area contributed by atoms with E-state index < -0.39 is 86.8 Å². The highest BCUT2D eigenvalue weighted by Crippen LogP contribution is 2.30. The second kappa shape index (κ2) is 49.5. The Kier molecular flexibility index (Phi) is 45.1. The van der Waals surface area contributed by atoms with Gasteiger partial charge in [0, 0.05) is 6.42 Å². The normalized spacial score (nSPS) is 25.1. The number of ether oxygens (including phenoxy) is 4. The molecule has 0 spiro atoms. The molecule has 79 heavy (non-hydrogen) atoms. The molecule has 0 aromatic rings. The molecule has 2 fully saturated rings. The highest BCUT2D eigenvalue weighted by Gasteiger charge is 2.51. The number of carbonyl (C=O) groups is 1. The number of aliphatic hydroxyl groups excluding tert-OH is 8. The van der Waals surface area contributed by atoms with E-state index in [2.05, 4.69) is 104 Å². The summed E-state index contributed by atoms with van der Waals surface area (Å²) in [6, 6.07) is -0.940. The Hall–Kier alpha value is -3.09. The van der Waals surface area contributed by atoms with Gasteiger partial charge >= 0.3 is 0 Å². The van der Waals surface area contributed by atoms with Crippen LogP contribution in [0.3, 0.4) is 0 Å². The van der Waals surface area contributed by atoms with Crippen LogP contribution in [0.2, 0.25) is 0 Å². The molecule has 14 heteroatoms. The van der Waals surface area contributed by atoms with Crippen LogP contribution in [-0.4, -0.2) is 140 Å². The third kappa shape index (κ3) is 34.8. The molecule has 0 radical (unpaired) electrons. The van der Waals surface area contributed by atoms with E-state index in [1.54, 1.807) is 6.08 Å². The maximum atomic E-state index is 13.3. The Morgan fingerprint density at radius 3 is 1.39 bits per heavy atom. The van der Waals surface area contributed by atoms with E-state index in [0.717, 1.165) is 77.0 Å². The number of nitrogens with one attached hydrogen (secondary N) is 1. The van der Waals surface area contributed by atoms with E-state index >= 15 is 0 Å². The van der Waals surface area contributed by atoms with Crippen LogP contribution in [0.5, 0.6) is 0 Å². The fourth-order valence-electron chi connectivity index (χ4n) is 9.55. The Bertz CT molecular complexity index is 1690. The van der Waals surface area contributed by atoms with Gasteiger partial charge in [0.2, 0.25) is 5.91 Å². The lowest BCUT2D eigenvalue weighted by Crippen LogP contribution is -2.65. The molecule has 0 saturated carbocycles. The first-order valence-electron chi connectivity index (χ1n) is 31.0. The van der Waals surface area contributed by atoms with Crippen LogP contribution in [0, 0.1) is 0 Å². The van der Waals surface area contributed by atoms with Crippen molar-refractivity contribution >= 4 is 5.91 Å². The Balaban J connectivity index is 1.73. The lowest BCUT2D eigenvalue weighted by atomic mass is 9.97. The molecule has 12 atom stereocenters. The van der Waals surface area contributed by atoms with E-state index in [1.165, 1.54) is 103 Å². The zero-order chi connectivity index (χ0) is 57.4. The molecular formula is C65H111NO13. The van der Waals surface area contributed by atoms with Crippen LogP contribution >= 0.6 is 0 Å². The second-order valence-corrected chi connectivity index (χ2v) is 21.4. The third-order valence-electron chi connectivity index (χ3n) is 14.5. The van der Waals surface area contributed by atoms with Crippen molar-refractivity contribution in [2.24, 2.45) is 0 Å². The van der Waals surface area contributed by atoms with Crippen LogP contribution in [0.1, 0.15) is 213 Å². The van der Waals surface area contributed by atoms with Crippen molar-refractivity contribution in [3.8, 4) is 0 Å². The van der Waals surface area contributed by atoms with Crippen LogP contribution in [0.15, 0.2) is 97.2 Å². The van der Waals surface area contributed by atoms with E-state index in [9.17, 15) is 45.6 Å². The smallest absolute Gasteiger partial charge is 0.220 e. The van der Waals surface area contributed by atoms with Crippen molar-refractivity contribution in [3.63, 3.8) is 0 Å². The van der Waals surface area contributed by atoms with E-state index in [-0.39, 0.29) is 18.9 Å². The Labute approximate surface area is 477 Å². The predicted molar refractivity (Wildman–Crippen MR) is 318 cm³/mol. The van der Waals surface area contributed by atoms with Crippen LogP contribution in [0.25, 0.3) is 0 Å². The van der Waals surface area contributed by atoms with Crippen molar-refractivity contribution in [3.05, 3.63) is 97.2 Å². The Morgan fingerprint density at radius 1 is 0.468 bits per heavy atom. The topological polar surface area (TPSA) is 228 Å². The zero-order valence-electron chi connectivity index (χ0n) is 48.8. The molecule has 9 N–H and O–H groups in total. The van der Waals surface area contributed by atoms with Crippen LogP contribution < -0.4 is 5.32 Å². The van der Waals surface area contributed by atoms with E-state index in [1.807, 2.05) is 6.08 Å². The van der Waals surface area contributed by atoms with E-state index in [4.69, 9.17) is 18.9 Å². The van der Waals surface area contributed by atoms with Crippen molar-refractivity contribution in [1.29, 1.82) is 0 Å². The fourth-order valence-corrected chi connectivity index (χ4v) is 9.55. The number of amides is 1. The maximum absolute atomic E-state index is 13.3. The van der Waals surface area contributed by atoms with Crippen LogP contribution in [-0.2, 0) is 23.7 Å². The molecule has 2 aliphatic heterocycles. The van der Waals surface area contributed by atoms with Crippen molar-refractivity contribution in [2.75, 3.05) is 19.8 Å². The fraction of sp³-hybridized carbons (Fsp3) is 0.738. The van der Waals surface area contributed by atoms with Gasteiger partial charge in [-0.05, 0) is 83.5 Å². The summed E-state index contributed by atoms with van der Waals surface area (Å²) in [4.78, 5) is 13.3. The molecule has 1 amide bonds. The van der Waals surface area contributed by atoms with Crippen molar-refractivity contribution in [2.45, 2.75) is 286 Å². The molecule has 2 heterocycles. The Morgan fingerprint density at radius 2 is 0.886 bits per heavy atom. The summed E-state index contributed by atoms with van der Waals surface area (Å²) >= 11 is 0. The van der Waals surface area contributed by atoms with E-state index in [0.29, 0.717) is 12.8 Å². The maximum Gasteiger partial charge on any atom is 0.220 e. The van der Waals surface area contributed by atoms with Gasteiger partial charge in [-0.25, -0.2) is 0 Å². The van der Waals surface area contributed by atoms with Crippen molar-refractivity contribution in [1.82, 2.24) is 5.32 Å². The molecule has 0 aromatic carbocycles. The summed E-state index contributed by atoms with van der Waals surface area (Å²) in [5.74, 6) is -0.258. The summed E-state index contributed by atoms with van der Waals surface area (Å²) in [6.07, 6.45) is 51.6. The van der Waals surface area contributed by atoms with Gasteiger partial charge in [-0.15, -0.1) is 0 Å². The standard InChI is InChI=1S/C65H111NO13/c1-3-5-7-9-11-13-15-17-19-21-22-23-24-25-26-27-28-29-30-31-32-33-35-37-39-41-43-45-47-49-57(70)66-53(54(69)48-46-44-42-40-38-36-34-20-18-16-14-12-10-8-6-4-2)52-76-64-62(75)60(73)63(56(51-68)78-64)79-65-61(74)59(72)58(71)55(50-67)77-65/h5,7,11,13,17,19,22-23,25-26,28-29,38,40,46,48,53-56,58-65,67-69,71-75H,3-4,6,8-10,12,14-16,18,20-21,24,27,30-37,39,41-45,47,49-52H2,1-2H3,(H,66,70)/b7-5-,13-11-,19-17-,23-22-,26-25-,29-28-,40-38+,48-46+. The van der Waals surface area contributed by atoms with Gasteiger partial charge in [-0.1, -0.05) is 220 Å². The molecule has 2 aliphatic rings. The molecule has 0 bridgehead atoms. The summed E-state index contributed by atoms with van der Waals surface area (Å²) in [6.45, 7) is 2.65. The average Bonchev–Trinajstić information content (AvgIpc) is 3.48. The molecule has 12 unspecified atom stereocenters. The number of allylic oxidation sites excluding steroid dienone is 15. The van der Waals surface area contributed by atoms with Gasteiger partial charge in [-0.2, -0.15) is 0 Å². The SMILES string of the molecule is CC/C=C\C/C=C\C/C=C\C/C=C\C/C=C\C/C=C\CCCCCCCCCCCCC(=O)NC(COC1OC(CO)C(OC2OC(CO)C(O)C(O)C2O)C(O)C1O)C(O)/C=C/CC/C=C/CCCCCCCCCCCC. The molecule has 454 valence electrons. The van der Waals surface area contributed by atoms with Crippen molar-refractivity contribution < 1.29 is 64.6 Å². The second-order valence-electron chi connectivity index (χ2n) is 21.4. The summed E-state index contributed by atoms with van der Waals surface area (Å²) < 4.78 is 22.8. The molecule has 14 nitrogen and oxygen atoms in total. The average molecular weight is 1110 g/mol. The highest BCUT2D eigenvalue weighted by molar-refractivity contribution is 5.76. The minimum absolute atomic E-state index is 0.258. The third-order valence-corrected chi connectivity index (χ3v) is 14.5. The first-order chi connectivity index (χ1) is 38.6. The number of hydrogen-bond donors (Lipinski definition) is 9.